The van der Waals surface area contributed by atoms with E-state index in [0.717, 1.165) is 35.8 Å². The molecular formula is C17H30N4O3S. The average molecular weight is 371 g/mol. The van der Waals surface area contributed by atoms with E-state index < -0.39 is 4.92 Å². The van der Waals surface area contributed by atoms with Crippen molar-refractivity contribution < 1.29 is 9.34 Å². The number of nitrogens with zero attached hydrogens (tertiary/aromatic N) is 3. The molecule has 25 heavy (non-hydrogen) atoms. The number of hydrogen-bond acceptors (Lipinski definition) is 7. The van der Waals surface area contributed by atoms with Gasteiger partial charge in [0.25, 0.3) is 6.20 Å². The van der Waals surface area contributed by atoms with Gasteiger partial charge in [-0.3, -0.25) is 10.1 Å². The zero-order chi connectivity index (χ0) is 19.0. The Morgan fingerprint density at radius 1 is 1.36 bits per heavy atom. The molecule has 0 atom stereocenters. The van der Waals surface area contributed by atoms with Crippen LogP contribution in [0.4, 0.5) is 0 Å². The van der Waals surface area contributed by atoms with Crippen LogP contribution in [0.25, 0.3) is 0 Å². The molecular weight excluding hydrogens is 340 g/mol. The molecule has 8 heteroatoms. The van der Waals surface area contributed by atoms with Crippen LogP contribution in [-0.2, 0) is 12.3 Å². The fourth-order valence-corrected chi connectivity index (χ4v) is 3.22. The summed E-state index contributed by atoms with van der Waals surface area (Å²) in [5, 5.41) is 13.8. The second-order valence-electron chi connectivity index (χ2n) is 7.03. The molecule has 0 amide bonds. The van der Waals surface area contributed by atoms with Crippen LogP contribution in [0.5, 0.6) is 0 Å². The molecule has 7 nitrogen and oxygen atoms in total. The average Bonchev–Trinajstić information content (AvgIpc) is 2.90. The summed E-state index contributed by atoms with van der Waals surface area (Å²) >= 11 is 1.76. The Balaban J connectivity index is 2.57. The molecule has 0 fully saturated rings. The lowest BCUT2D eigenvalue weighted by Crippen LogP contribution is -2.45. The van der Waals surface area contributed by atoms with Gasteiger partial charge in [-0.15, -0.1) is 0 Å². The minimum absolute atomic E-state index is 0.213. The van der Waals surface area contributed by atoms with Gasteiger partial charge in [-0.05, 0) is 47.0 Å². The Labute approximate surface area is 154 Å². The van der Waals surface area contributed by atoms with Gasteiger partial charge in [0.05, 0.1) is 17.2 Å². The maximum Gasteiger partial charge on any atom is 0.274 e. The van der Waals surface area contributed by atoms with Crippen LogP contribution in [0, 0.1) is 10.1 Å². The van der Waals surface area contributed by atoms with E-state index in [0.29, 0.717) is 12.4 Å². The summed E-state index contributed by atoms with van der Waals surface area (Å²) < 4.78 is 5.80. The summed E-state index contributed by atoms with van der Waals surface area (Å²) in [5.74, 6) is 4.07. The van der Waals surface area contributed by atoms with Gasteiger partial charge >= 0.3 is 0 Å². The topological polar surface area (TPSA) is 74.8 Å². The Kier molecular flexibility index (Phi) is 8.31. The van der Waals surface area contributed by atoms with E-state index in [1.165, 1.54) is 0 Å². The minimum atomic E-state index is -0.424. The summed E-state index contributed by atoms with van der Waals surface area (Å²) in [7, 11) is 5.72. The fourth-order valence-electron chi connectivity index (χ4n) is 2.41. The van der Waals surface area contributed by atoms with Crippen LogP contribution in [0.1, 0.15) is 32.3 Å². The molecule has 0 unspecified atom stereocenters. The predicted octanol–water partition coefficient (Wildman–Crippen LogP) is 2.97. The van der Waals surface area contributed by atoms with Crippen LogP contribution >= 0.6 is 11.8 Å². The van der Waals surface area contributed by atoms with E-state index >= 15 is 0 Å². The molecule has 1 aromatic heterocycles. The number of nitrogens with one attached hydrogen (secondary N) is 1. The molecule has 0 aliphatic carbocycles. The van der Waals surface area contributed by atoms with Crippen molar-refractivity contribution in [3.63, 3.8) is 0 Å². The standard InChI is InChI=1S/C17H30N4O3S/c1-17(2,3)20(16(18-4)12-21(22)23)9-10-25-13-15-8-7-14(24-15)11-19(5)6/h7-8,12,18H,9-11,13H2,1-6H3/b16-12+. The summed E-state index contributed by atoms with van der Waals surface area (Å²) in [5.41, 5.74) is -0.213. The third-order valence-corrected chi connectivity index (χ3v) is 4.44. The number of hydrogen-bond donors (Lipinski definition) is 1. The summed E-state index contributed by atoms with van der Waals surface area (Å²) in [4.78, 5) is 14.5. The first kappa shape index (κ1) is 21.4. The van der Waals surface area contributed by atoms with Crippen LogP contribution in [0.2, 0.25) is 0 Å². The monoisotopic (exact) mass is 370 g/mol. The van der Waals surface area contributed by atoms with Gasteiger partial charge in [-0.2, -0.15) is 11.8 Å². The highest BCUT2D eigenvalue weighted by Gasteiger charge is 2.24. The lowest BCUT2D eigenvalue weighted by Gasteiger charge is -2.37. The highest BCUT2D eigenvalue weighted by Crippen LogP contribution is 2.21. The van der Waals surface area contributed by atoms with Crippen molar-refractivity contribution >= 4 is 11.8 Å². The minimum Gasteiger partial charge on any atom is -0.464 e. The van der Waals surface area contributed by atoms with Crippen molar-refractivity contribution in [2.24, 2.45) is 0 Å². The fraction of sp³-hybridized carbons (Fsp3) is 0.647. The molecule has 1 N–H and O–H groups in total. The molecule has 1 heterocycles. The molecule has 0 spiro atoms. The zero-order valence-corrected chi connectivity index (χ0v) is 16.9. The quantitative estimate of drug-likeness (QED) is 0.385. The van der Waals surface area contributed by atoms with Gasteiger partial charge in [0.15, 0.2) is 5.82 Å². The number of rotatable bonds is 10. The second-order valence-corrected chi connectivity index (χ2v) is 8.14. The maximum absolute atomic E-state index is 10.8. The molecule has 0 aliphatic rings. The highest BCUT2D eigenvalue weighted by molar-refractivity contribution is 7.98. The van der Waals surface area contributed by atoms with E-state index in [4.69, 9.17) is 4.42 Å². The lowest BCUT2D eigenvalue weighted by atomic mass is 10.1. The van der Waals surface area contributed by atoms with Crippen molar-refractivity contribution in [1.82, 2.24) is 15.1 Å². The lowest BCUT2D eigenvalue weighted by molar-refractivity contribution is -0.405. The van der Waals surface area contributed by atoms with E-state index in [1.54, 1.807) is 18.8 Å². The Bertz CT molecular complexity index is 579. The summed E-state index contributed by atoms with van der Waals surface area (Å²) in [6.07, 6.45) is 1.02. The predicted molar refractivity (Wildman–Crippen MR) is 103 cm³/mol. The third kappa shape index (κ3) is 7.83. The van der Waals surface area contributed by atoms with Crippen molar-refractivity contribution in [2.75, 3.05) is 33.4 Å². The molecule has 1 rings (SSSR count). The van der Waals surface area contributed by atoms with E-state index in [1.807, 2.05) is 51.9 Å². The molecule has 142 valence electrons. The molecule has 0 saturated carbocycles. The zero-order valence-electron chi connectivity index (χ0n) is 16.0. The molecule has 1 aromatic rings. The van der Waals surface area contributed by atoms with Crippen molar-refractivity contribution in [3.8, 4) is 0 Å². The van der Waals surface area contributed by atoms with Gasteiger partial charge in [-0.1, -0.05) is 0 Å². The van der Waals surface area contributed by atoms with Crippen molar-refractivity contribution in [1.29, 1.82) is 0 Å². The van der Waals surface area contributed by atoms with Crippen molar-refractivity contribution in [3.05, 3.63) is 45.8 Å². The first-order valence-electron chi connectivity index (χ1n) is 8.24. The Morgan fingerprint density at radius 3 is 2.52 bits per heavy atom. The van der Waals surface area contributed by atoms with Gasteiger partial charge in [0.1, 0.15) is 11.5 Å². The van der Waals surface area contributed by atoms with Crippen LogP contribution < -0.4 is 5.32 Å². The smallest absolute Gasteiger partial charge is 0.274 e. The van der Waals surface area contributed by atoms with Crippen LogP contribution in [-0.4, -0.2) is 53.7 Å². The first-order valence-corrected chi connectivity index (χ1v) is 9.39. The normalized spacial score (nSPS) is 12.5. The van der Waals surface area contributed by atoms with Crippen LogP contribution in [0.15, 0.2) is 28.6 Å². The Morgan fingerprint density at radius 2 is 2.00 bits per heavy atom. The molecule has 0 aliphatic heterocycles. The molecule has 0 aromatic carbocycles. The number of thioether (sulfide) groups is 1. The summed E-state index contributed by atoms with van der Waals surface area (Å²) in [6, 6.07) is 4.02. The highest BCUT2D eigenvalue weighted by atomic mass is 32.2. The molecule has 0 radical (unpaired) electrons. The van der Waals surface area contributed by atoms with E-state index in [9.17, 15) is 10.1 Å². The maximum atomic E-state index is 10.8. The van der Waals surface area contributed by atoms with Gasteiger partial charge < -0.3 is 19.5 Å². The van der Waals surface area contributed by atoms with E-state index in [2.05, 4.69) is 10.2 Å². The first-order chi connectivity index (χ1) is 11.6. The van der Waals surface area contributed by atoms with E-state index in [-0.39, 0.29) is 5.54 Å². The Hall–Kier alpha value is -1.67. The number of nitro groups is 1. The van der Waals surface area contributed by atoms with Gasteiger partial charge in [-0.25, -0.2) is 0 Å². The summed E-state index contributed by atoms with van der Waals surface area (Å²) in [6.45, 7) is 7.63. The van der Waals surface area contributed by atoms with Gasteiger partial charge in [0, 0.05) is 24.9 Å². The van der Waals surface area contributed by atoms with Crippen molar-refractivity contribution in [2.45, 2.75) is 38.6 Å². The van der Waals surface area contributed by atoms with Gasteiger partial charge in [0.2, 0.25) is 0 Å². The molecule has 0 saturated heterocycles. The third-order valence-electron chi connectivity index (χ3n) is 3.48. The second kappa shape index (κ2) is 9.72. The largest absolute Gasteiger partial charge is 0.464 e. The molecule has 0 bridgehead atoms. The van der Waals surface area contributed by atoms with Crippen LogP contribution in [0.3, 0.4) is 0 Å². The number of furan rings is 1. The SMILES string of the molecule is CN/C(=C\[N+](=O)[O-])N(CCSCc1ccc(CN(C)C)o1)C(C)(C)C.